The molecule has 0 amide bonds. The molecule has 1 fully saturated rings. The lowest BCUT2D eigenvalue weighted by atomic mass is 10.1. The maximum Gasteiger partial charge on any atom is 0.0489 e. The van der Waals surface area contributed by atoms with E-state index in [2.05, 4.69) is 17.3 Å². The molecular weight excluding hydrogens is 202 g/mol. The molecule has 90 valence electrons. The van der Waals surface area contributed by atoms with Crippen LogP contribution in [0.15, 0.2) is 18.5 Å². The van der Waals surface area contributed by atoms with Crippen molar-refractivity contribution in [1.29, 1.82) is 0 Å². The Labute approximate surface area is 97.0 Å². The lowest BCUT2D eigenvalue weighted by molar-refractivity contribution is 0.0750. The van der Waals surface area contributed by atoms with Gasteiger partial charge in [0.25, 0.3) is 0 Å². The van der Waals surface area contributed by atoms with E-state index in [9.17, 15) is 0 Å². The molecule has 1 aliphatic heterocycles. The van der Waals surface area contributed by atoms with E-state index in [0.717, 1.165) is 39.0 Å². The minimum atomic E-state index is 0.548. The zero-order valence-corrected chi connectivity index (χ0v) is 9.93. The van der Waals surface area contributed by atoms with Crippen LogP contribution in [-0.2, 0) is 11.3 Å². The predicted molar refractivity (Wildman–Crippen MR) is 63.3 cm³/mol. The van der Waals surface area contributed by atoms with Crippen molar-refractivity contribution in [2.24, 2.45) is 0 Å². The van der Waals surface area contributed by atoms with Crippen LogP contribution in [0.2, 0.25) is 0 Å². The van der Waals surface area contributed by atoms with Crippen molar-refractivity contribution >= 4 is 0 Å². The van der Waals surface area contributed by atoms with Crippen LogP contribution < -0.4 is 5.32 Å². The fourth-order valence-corrected chi connectivity index (χ4v) is 2.11. The molecule has 1 aromatic rings. The summed E-state index contributed by atoms with van der Waals surface area (Å²) in [6.07, 6.45) is 7.26. The van der Waals surface area contributed by atoms with Crippen LogP contribution >= 0.6 is 0 Å². The molecule has 0 spiro atoms. The second kappa shape index (κ2) is 6.01. The van der Waals surface area contributed by atoms with Crippen LogP contribution in [0.5, 0.6) is 0 Å². The minimum absolute atomic E-state index is 0.548. The van der Waals surface area contributed by atoms with Crippen LogP contribution in [-0.4, -0.2) is 35.1 Å². The van der Waals surface area contributed by atoms with Gasteiger partial charge in [-0.15, -0.1) is 0 Å². The highest BCUT2D eigenvalue weighted by molar-refractivity contribution is 4.79. The lowest BCUT2D eigenvalue weighted by Crippen LogP contribution is -2.40. The SMILES string of the molecule is C[C@H](CCn1cccn1)NC1CCOCC1. The molecule has 1 saturated heterocycles. The summed E-state index contributed by atoms with van der Waals surface area (Å²) >= 11 is 0. The monoisotopic (exact) mass is 223 g/mol. The number of hydrogen-bond donors (Lipinski definition) is 1. The number of nitrogens with zero attached hydrogens (tertiary/aromatic N) is 2. The van der Waals surface area contributed by atoms with E-state index in [1.807, 2.05) is 23.1 Å². The highest BCUT2D eigenvalue weighted by Crippen LogP contribution is 2.08. The smallest absolute Gasteiger partial charge is 0.0489 e. The molecule has 2 rings (SSSR count). The molecule has 1 aromatic heterocycles. The van der Waals surface area contributed by atoms with E-state index in [1.165, 1.54) is 0 Å². The standard InChI is InChI=1S/C12H21N3O/c1-11(3-8-15-7-2-6-13-15)14-12-4-9-16-10-5-12/h2,6-7,11-12,14H,3-5,8-10H2,1H3/t11-/m1/s1. The molecule has 1 aliphatic rings. The Bertz CT molecular complexity index is 280. The maximum absolute atomic E-state index is 5.35. The molecular formula is C12H21N3O. The summed E-state index contributed by atoms with van der Waals surface area (Å²) in [5.41, 5.74) is 0. The molecule has 0 radical (unpaired) electrons. The van der Waals surface area contributed by atoms with Crippen LogP contribution in [0.3, 0.4) is 0 Å². The molecule has 4 nitrogen and oxygen atoms in total. The van der Waals surface area contributed by atoms with Crippen molar-refractivity contribution in [1.82, 2.24) is 15.1 Å². The third kappa shape index (κ3) is 3.61. The Morgan fingerprint density at radius 2 is 2.31 bits per heavy atom. The second-order valence-electron chi connectivity index (χ2n) is 4.51. The van der Waals surface area contributed by atoms with Gasteiger partial charge in [0.2, 0.25) is 0 Å². The van der Waals surface area contributed by atoms with Gasteiger partial charge in [0.15, 0.2) is 0 Å². The average molecular weight is 223 g/mol. The van der Waals surface area contributed by atoms with Gasteiger partial charge in [0.1, 0.15) is 0 Å². The summed E-state index contributed by atoms with van der Waals surface area (Å²) in [5.74, 6) is 0. The molecule has 16 heavy (non-hydrogen) atoms. The Morgan fingerprint density at radius 1 is 1.50 bits per heavy atom. The van der Waals surface area contributed by atoms with Gasteiger partial charge < -0.3 is 10.1 Å². The molecule has 0 aromatic carbocycles. The van der Waals surface area contributed by atoms with Crippen molar-refractivity contribution in [2.45, 2.75) is 44.8 Å². The molecule has 0 aliphatic carbocycles. The minimum Gasteiger partial charge on any atom is -0.381 e. The molecule has 2 heterocycles. The summed E-state index contributed by atoms with van der Waals surface area (Å²) in [7, 11) is 0. The zero-order valence-electron chi connectivity index (χ0n) is 9.93. The van der Waals surface area contributed by atoms with Gasteiger partial charge in [0, 0.05) is 44.2 Å². The number of aryl methyl sites for hydroxylation is 1. The summed E-state index contributed by atoms with van der Waals surface area (Å²) in [5, 5.41) is 7.86. The first-order valence-electron chi connectivity index (χ1n) is 6.16. The Balaban J connectivity index is 1.65. The van der Waals surface area contributed by atoms with Gasteiger partial charge in [-0.05, 0) is 32.3 Å². The van der Waals surface area contributed by atoms with Gasteiger partial charge in [-0.3, -0.25) is 4.68 Å². The maximum atomic E-state index is 5.35. The highest BCUT2D eigenvalue weighted by atomic mass is 16.5. The molecule has 1 N–H and O–H groups in total. The van der Waals surface area contributed by atoms with E-state index in [0.29, 0.717) is 12.1 Å². The molecule has 0 bridgehead atoms. The first-order valence-corrected chi connectivity index (χ1v) is 6.16. The fourth-order valence-electron chi connectivity index (χ4n) is 2.11. The van der Waals surface area contributed by atoms with Gasteiger partial charge in [-0.25, -0.2) is 0 Å². The van der Waals surface area contributed by atoms with E-state index >= 15 is 0 Å². The topological polar surface area (TPSA) is 39.1 Å². The first-order chi connectivity index (χ1) is 7.84. The number of aromatic nitrogens is 2. The summed E-state index contributed by atoms with van der Waals surface area (Å²) in [4.78, 5) is 0. The fraction of sp³-hybridized carbons (Fsp3) is 0.750. The average Bonchev–Trinajstić information content (AvgIpc) is 2.81. The van der Waals surface area contributed by atoms with Crippen LogP contribution in [0, 0.1) is 0 Å². The predicted octanol–water partition coefficient (Wildman–Crippen LogP) is 1.43. The molecule has 1 atom stereocenters. The van der Waals surface area contributed by atoms with Crippen LogP contribution in [0.25, 0.3) is 0 Å². The van der Waals surface area contributed by atoms with Crippen molar-refractivity contribution in [3.63, 3.8) is 0 Å². The van der Waals surface area contributed by atoms with Crippen molar-refractivity contribution in [2.75, 3.05) is 13.2 Å². The molecule has 0 unspecified atom stereocenters. The van der Waals surface area contributed by atoms with Gasteiger partial charge in [-0.1, -0.05) is 0 Å². The lowest BCUT2D eigenvalue weighted by Gasteiger charge is -2.26. The van der Waals surface area contributed by atoms with Crippen molar-refractivity contribution in [3.8, 4) is 0 Å². The third-order valence-electron chi connectivity index (χ3n) is 3.09. The largest absolute Gasteiger partial charge is 0.381 e. The van der Waals surface area contributed by atoms with E-state index in [-0.39, 0.29) is 0 Å². The van der Waals surface area contributed by atoms with Crippen LogP contribution in [0.4, 0.5) is 0 Å². The van der Waals surface area contributed by atoms with Crippen molar-refractivity contribution < 1.29 is 4.74 Å². The number of nitrogens with one attached hydrogen (secondary N) is 1. The summed E-state index contributed by atoms with van der Waals surface area (Å²) in [6, 6.07) is 3.16. The number of ether oxygens (including phenoxy) is 1. The van der Waals surface area contributed by atoms with E-state index in [1.54, 1.807) is 0 Å². The normalized spacial score (nSPS) is 19.8. The zero-order chi connectivity index (χ0) is 11.2. The Hall–Kier alpha value is -0.870. The van der Waals surface area contributed by atoms with Gasteiger partial charge in [-0.2, -0.15) is 5.10 Å². The quantitative estimate of drug-likeness (QED) is 0.820. The highest BCUT2D eigenvalue weighted by Gasteiger charge is 2.15. The van der Waals surface area contributed by atoms with E-state index < -0.39 is 0 Å². The molecule has 4 heteroatoms. The van der Waals surface area contributed by atoms with Gasteiger partial charge >= 0.3 is 0 Å². The second-order valence-corrected chi connectivity index (χ2v) is 4.51. The molecule has 0 saturated carbocycles. The van der Waals surface area contributed by atoms with Gasteiger partial charge in [0.05, 0.1) is 0 Å². The van der Waals surface area contributed by atoms with Crippen molar-refractivity contribution in [3.05, 3.63) is 18.5 Å². The summed E-state index contributed by atoms with van der Waals surface area (Å²) < 4.78 is 7.33. The Morgan fingerprint density at radius 3 is 3.00 bits per heavy atom. The van der Waals surface area contributed by atoms with E-state index in [4.69, 9.17) is 4.74 Å². The summed E-state index contributed by atoms with van der Waals surface area (Å²) in [6.45, 7) is 5.05. The van der Waals surface area contributed by atoms with Crippen LogP contribution in [0.1, 0.15) is 26.2 Å². The number of rotatable bonds is 5. The Kier molecular flexibility index (Phi) is 4.36. The first kappa shape index (κ1) is 11.6. The number of hydrogen-bond acceptors (Lipinski definition) is 3. The third-order valence-corrected chi connectivity index (χ3v) is 3.09.